The number of likely N-dealkylation sites (tertiary alicyclic amines) is 3. The monoisotopic (exact) mass is 1910 g/mol. The van der Waals surface area contributed by atoms with Gasteiger partial charge in [0.25, 0.3) is 23.6 Å². The zero-order valence-corrected chi connectivity index (χ0v) is 77.5. The molecule has 4 aromatic carbocycles. The first-order valence-electron chi connectivity index (χ1n) is 44.2. The number of phenols is 8. The largest absolute Gasteiger partial charge is 0.507 e. The van der Waals surface area contributed by atoms with Crippen LogP contribution in [-0.4, -0.2) is 238 Å². The van der Waals surface area contributed by atoms with Gasteiger partial charge in [-0.1, -0.05) is 147 Å². The van der Waals surface area contributed by atoms with Gasteiger partial charge in [-0.2, -0.15) is 0 Å². The first-order chi connectivity index (χ1) is 63.7. The minimum absolute atomic E-state index is 0.0150. The van der Waals surface area contributed by atoms with Crippen LogP contribution in [0.5, 0.6) is 46.0 Å². The van der Waals surface area contributed by atoms with E-state index in [0.29, 0.717) is 87.6 Å². The topological polar surface area (TPSA) is 453 Å². The number of rotatable bonds is 13. The van der Waals surface area contributed by atoms with Crippen LogP contribution in [0, 0.1) is 0 Å². The molecule has 2 atom stereocenters. The Labute approximate surface area is 787 Å². The SMILES string of the molecule is CNC(=O)CON=C1/C=C/CC/C=C/CCOC(=O)c2c(O)cc(O)c(Cl)c2C1.COC1CC/C=C/CCOC(=O)c2c(O)cc(O)c(Cl)c2C/C(=N/OCC(=O)N2CCCCC2)C1.C[C@@H]1C/C=C/CC/C=C/C(=N/OCC(=O)N2CCCCC2)Cc2c(Cl)c(O)cc(O)c2C(=O)O1.O=C1OCC/C=C/CC/C=C/C(=NOCC(=O)N2CCCCCC2)Cc2c(Cl)c(O)cc(O)c21. The van der Waals surface area contributed by atoms with E-state index in [2.05, 4.69) is 25.9 Å². The van der Waals surface area contributed by atoms with Gasteiger partial charge in [0.1, 0.15) is 74.4 Å². The fraction of sp³-hybridized carbons (Fsp3) is 0.474. The number of likely N-dealkylation sites (N-methyl/N-ethyl adjacent to an activating group) is 1. The number of amides is 4. The molecule has 0 bridgehead atoms. The summed E-state index contributed by atoms with van der Waals surface area (Å²) in [6, 6.07) is 4.01. The third-order valence-electron chi connectivity index (χ3n) is 21.6. The van der Waals surface area contributed by atoms with Crippen molar-refractivity contribution in [3.8, 4) is 46.0 Å². The van der Waals surface area contributed by atoms with Crippen molar-refractivity contribution in [2.75, 3.05) is 99.7 Å². The van der Waals surface area contributed by atoms with Gasteiger partial charge < -0.3 is 104 Å². The molecule has 11 rings (SSSR count). The number of hydrogen-bond acceptors (Lipinski definition) is 29. The van der Waals surface area contributed by atoms with Crippen LogP contribution in [-0.2, 0) is 87.9 Å². The number of benzene rings is 4. The van der Waals surface area contributed by atoms with Crippen molar-refractivity contribution in [2.45, 2.75) is 192 Å². The van der Waals surface area contributed by atoms with E-state index < -0.39 is 53.0 Å². The number of fused-ring (bicyclic) bond motifs is 4. The molecule has 3 fully saturated rings. The molecule has 1 unspecified atom stereocenters. The van der Waals surface area contributed by atoms with Gasteiger partial charge in [0, 0.05) is 116 Å². The summed E-state index contributed by atoms with van der Waals surface area (Å²) in [5.41, 5.74) is 1.64. The molecule has 0 radical (unpaired) electrons. The van der Waals surface area contributed by atoms with E-state index in [0.717, 1.165) is 147 Å². The second kappa shape index (κ2) is 56.8. The van der Waals surface area contributed by atoms with Crippen LogP contribution in [0.3, 0.4) is 0 Å². The normalized spacial score (nSPS) is 21.3. The number of phenolic OH excluding ortho intramolecular Hbond substituents is 8. The molecule has 9 N–H and O–H groups in total. The molecule has 7 heterocycles. The zero-order chi connectivity index (χ0) is 95.3. The number of methoxy groups -OCH3 is 1. The van der Waals surface area contributed by atoms with Crippen LogP contribution in [0.2, 0.25) is 20.1 Å². The van der Waals surface area contributed by atoms with E-state index in [1.165, 1.54) is 7.05 Å². The first kappa shape index (κ1) is 106. The van der Waals surface area contributed by atoms with Crippen LogP contribution in [0.15, 0.2) is 130 Å². The van der Waals surface area contributed by atoms with Gasteiger partial charge in [0.05, 0.1) is 68.9 Å². The Bertz CT molecular complexity index is 4960. The number of nitrogens with one attached hydrogen (secondary N) is 1. The highest BCUT2D eigenvalue weighted by molar-refractivity contribution is 6.35. The Hall–Kier alpha value is -11.8. The summed E-state index contributed by atoms with van der Waals surface area (Å²) in [7, 11) is 3.08. The Morgan fingerprint density at radius 3 is 1.05 bits per heavy atom. The highest BCUT2D eigenvalue weighted by Crippen LogP contribution is 2.42. The number of carbonyl (C=O) groups is 8. The highest BCUT2D eigenvalue weighted by atomic mass is 35.5. The van der Waals surface area contributed by atoms with E-state index in [1.54, 1.807) is 47.0 Å². The predicted octanol–water partition coefficient (Wildman–Crippen LogP) is 15.9. The molecule has 37 heteroatoms. The molecule has 7 aliphatic rings. The summed E-state index contributed by atoms with van der Waals surface area (Å²) in [6.07, 6.45) is 44.6. The number of halogens is 4. The van der Waals surface area contributed by atoms with Gasteiger partial charge in [-0.3, -0.25) is 19.2 Å². The minimum Gasteiger partial charge on any atom is -0.507 e. The molecule has 0 spiro atoms. The molecule has 33 nitrogen and oxygen atoms in total. The van der Waals surface area contributed by atoms with Crippen molar-refractivity contribution in [3.05, 3.63) is 174 Å². The van der Waals surface area contributed by atoms with Crippen LogP contribution < -0.4 is 5.32 Å². The molecule has 4 aromatic rings. The summed E-state index contributed by atoms with van der Waals surface area (Å²) >= 11 is 25.2. The van der Waals surface area contributed by atoms with Crippen LogP contribution >= 0.6 is 46.4 Å². The van der Waals surface area contributed by atoms with E-state index >= 15 is 0 Å². The van der Waals surface area contributed by atoms with Gasteiger partial charge in [0.2, 0.25) is 0 Å². The van der Waals surface area contributed by atoms with E-state index in [-0.39, 0.29) is 189 Å². The summed E-state index contributed by atoms with van der Waals surface area (Å²) in [4.78, 5) is 126. The van der Waals surface area contributed by atoms with Gasteiger partial charge in [-0.15, -0.1) is 0 Å². The van der Waals surface area contributed by atoms with E-state index in [9.17, 15) is 79.2 Å². The lowest BCUT2D eigenvalue weighted by Crippen LogP contribution is -2.37. The lowest BCUT2D eigenvalue weighted by Gasteiger charge is -2.26. The van der Waals surface area contributed by atoms with Crippen LogP contribution in [0.4, 0.5) is 0 Å². The molecule has 132 heavy (non-hydrogen) atoms. The number of esters is 4. The van der Waals surface area contributed by atoms with Gasteiger partial charge in [-0.25, -0.2) is 19.2 Å². The van der Waals surface area contributed by atoms with E-state index in [4.69, 9.17) is 89.4 Å². The second-order valence-corrected chi connectivity index (χ2v) is 33.1. The number of oxime groups is 4. The summed E-state index contributed by atoms with van der Waals surface area (Å²) in [5, 5.41) is 100. The predicted molar refractivity (Wildman–Crippen MR) is 498 cm³/mol. The summed E-state index contributed by atoms with van der Waals surface area (Å²) in [5.74, 6) is -7.05. The third-order valence-corrected chi connectivity index (χ3v) is 23.3. The van der Waals surface area contributed by atoms with Gasteiger partial charge in [0.15, 0.2) is 26.4 Å². The lowest BCUT2D eigenvalue weighted by molar-refractivity contribution is -0.137. The molecule has 7 aliphatic heterocycles. The quantitative estimate of drug-likeness (QED) is 0.0260. The lowest BCUT2D eigenvalue weighted by atomic mass is 9.96. The molecular weight excluding hydrogens is 1790 g/mol. The Balaban J connectivity index is 0.000000217. The number of cyclic esters (lactones) is 4. The number of nitrogens with zero attached hydrogens (tertiary/aromatic N) is 7. The molecule has 716 valence electrons. The number of piperidine rings is 2. The maximum Gasteiger partial charge on any atom is 0.342 e. The summed E-state index contributed by atoms with van der Waals surface area (Å²) < 4.78 is 26.9. The number of hydrogen-bond donors (Lipinski definition) is 9. The second-order valence-electron chi connectivity index (χ2n) is 31.6. The molecule has 4 amide bonds. The van der Waals surface area contributed by atoms with Crippen molar-refractivity contribution in [1.82, 2.24) is 20.0 Å². The first-order valence-corrected chi connectivity index (χ1v) is 45.7. The zero-order valence-electron chi connectivity index (χ0n) is 74.5. The Kier molecular flexibility index (Phi) is 45.5. The molecule has 3 saturated heterocycles. The average Bonchev–Trinajstić information content (AvgIpc) is 0.835. The van der Waals surface area contributed by atoms with Gasteiger partial charge in [-0.05, 0) is 169 Å². The van der Waals surface area contributed by atoms with Crippen molar-refractivity contribution in [1.29, 1.82) is 0 Å². The maximum atomic E-state index is 12.9. The smallest absolute Gasteiger partial charge is 0.342 e. The molecule has 0 aliphatic carbocycles. The average molecular weight is 1910 g/mol. The number of allylic oxidation sites excluding steroid dienone is 10. The summed E-state index contributed by atoms with van der Waals surface area (Å²) in [6.45, 7) is 5.55. The fourth-order valence-electron chi connectivity index (χ4n) is 14.6. The fourth-order valence-corrected chi connectivity index (χ4v) is 15.4. The third kappa shape index (κ3) is 34.4. The van der Waals surface area contributed by atoms with Crippen molar-refractivity contribution in [3.63, 3.8) is 0 Å². The number of aromatic hydroxyl groups is 8. The Morgan fingerprint density at radius 1 is 0.394 bits per heavy atom. The number of carbonyl (C=O) groups excluding carboxylic acids is 8. The Morgan fingerprint density at radius 2 is 0.697 bits per heavy atom. The molecule has 0 aromatic heterocycles. The van der Waals surface area contributed by atoms with Crippen molar-refractivity contribution < 1.29 is 122 Å². The van der Waals surface area contributed by atoms with Crippen molar-refractivity contribution >= 4 is 117 Å². The highest BCUT2D eigenvalue weighted by Gasteiger charge is 2.32. The van der Waals surface area contributed by atoms with Gasteiger partial charge >= 0.3 is 23.9 Å². The van der Waals surface area contributed by atoms with Crippen LogP contribution in [0.1, 0.15) is 218 Å². The minimum atomic E-state index is -0.764. The maximum absolute atomic E-state index is 12.9. The van der Waals surface area contributed by atoms with E-state index in [1.807, 2.05) is 66.8 Å². The molecular formula is C95H118Cl4N8O25. The van der Waals surface area contributed by atoms with Crippen molar-refractivity contribution in [2.24, 2.45) is 20.6 Å². The molecule has 0 saturated carbocycles. The number of ether oxygens (including phenoxy) is 5. The standard InChI is InChI=1S/C25H33ClN2O7.2C25H31ClN2O6.C20H23ClN2O6/c1-33-18-9-5-2-3-8-12-34-25(32)23-19(24(26)21(30)15-20(23)29)14-17(13-18)27-35-16-22(31)28-10-6-4-7-11-28;1-17-10-6-3-2-4-7-11-18(27-33-16-22(31)28-12-8-5-9-13-28)14-19-23(25(32)34-17)20(29)15-21(30)24(19)26;26-24-19-15-18(27-34-17-22(31)28-12-8-4-5-9-13-28)11-7-3-1-2-6-10-14-33-25(32)23(19)20(29)16-21(24)30;1-22-17(26)12-29-23-13-8-6-4-2-3-5-7-9-28-20(27)18-14(10-13)19(21)16(25)11-15(18)24/h2-3,15,18,29-30H,4-14,16H2,1H3;3,6-7,11,15,17,29-30H,2,4-5,8-10,12-14,16H2,1H3;2,6-7,11,16,29-30H,1,3-5,8-10,12-15,17H2;3,5-6,8,11,24-25H,2,4,7,9-10,12H2,1H3,(H,22,26)/b3-2+,27-17+;6-3+,11-7+,27-18-;6-2+,11-7+,27-18?;5-3+,8-6+,23-13?/t;17-;;/m.1../s1. The van der Waals surface area contributed by atoms with Crippen LogP contribution in [0.25, 0.3) is 0 Å².